The van der Waals surface area contributed by atoms with E-state index in [1.165, 1.54) is 0 Å². The van der Waals surface area contributed by atoms with Crippen molar-refractivity contribution in [2.24, 2.45) is 7.05 Å². The van der Waals surface area contributed by atoms with Crippen LogP contribution in [0.3, 0.4) is 0 Å². The van der Waals surface area contributed by atoms with Gasteiger partial charge in [0.2, 0.25) is 0 Å². The largest absolute Gasteiger partial charge is 0.397 e. The Kier molecular flexibility index (Phi) is 3.10. The number of aryl methyl sites for hydroxylation is 1. The molecule has 1 heterocycles. The van der Waals surface area contributed by atoms with Gasteiger partial charge >= 0.3 is 0 Å². The first kappa shape index (κ1) is 10.5. The molecule has 0 saturated heterocycles. The van der Waals surface area contributed by atoms with Gasteiger partial charge in [-0.25, -0.2) is 4.98 Å². The molecular formula is C12H16N4. The van der Waals surface area contributed by atoms with Crippen LogP contribution in [0.2, 0.25) is 0 Å². The molecule has 0 unspecified atom stereocenters. The maximum absolute atomic E-state index is 5.83. The molecule has 3 N–H and O–H groups in total. The van der Waals surface area contributed by atoms with Gasteiger partial charge in [0.25, 0.3) is 0 Å². The maximum atomic E-state index is 5.83. The summed E-state index contributed by atoms with van der Waals surface area (Å²) < 4.78 is 2.02. The Morgan fingerprint density at radius 2 is 2.19 bits per heavy atom. The lowest BCUT2D eigenvalue weighted by atomic mass is 10.2. The van der Waals surface area contributed by atoms with Crippen LogP contribution < -0.4 is 11.1 Å². The monoisotopic (exact) mass is 216 g/mol. The molecule has 0 atom stereocenters. The highest BCUT2D eigenvalue weighted by Crippen LogP contribution is 2.16. The average molecular weight is 216 g/mol. The summed E-state index contributed by atoms with van der Waals surface area (Å²) in [6.07, 6.45) is 4.65. The van der Waals surface area contributed by atoms with Crippen molar-refractivity contribution in [1.29, 1.82) is 0 Å². The number of anilines is 2. The first-order chi connectivity index (χ1) is 7.77. The van der Waals surface area contributed by atoms with Gasteiger partial charge in [0.05, 0.1) is 11.4 Å². The number of nitrogens with zero attached hydrogens (tertiary/aromatic N) is 2. The van der Waals surface area contributed by atoms with Gasteiger partial charge < -0.3 is 15.6 Å². The molecule has 0 radical (unpaired) electrons. The molecule has 0 fully saturated rings. The second-order valence-corrected chi connectivity index (χ2v) is 3.72. The molecule has 2 aromatic rings. The molecule has 84 valence electrons. The summed E-state index contributed by atoms with van der Waals surface area (Å²) in [5.41, 5.74) is 7.59. The summed E-state index contributed by atoms with van der Waals surface area (Å²) in [5, 5.41) is 3.30. The molecule has 16 heavy (non-hydrogen) atoms. The van der Waals surface area contributed by atoms with Crippen LogP contribution in [0, 0.1) is 0 Å². The third kappa shape index (κ3) is 2.34. The zero-order chi connectivity index (χ0) is 11.4. The first-order valence-electron chi connectivity index (χ1n) is 5.32. The smallest absolute Gasteiger partial charge is 0.110 e. The number of para-hydroxylation sites is 2. The van der Waals surface area contributed by atoms with Crippen molar-refractivity contribution < 1.29 is 0 Å². The number of aromatic nitrogens is 2. The van der Waals surface area contributed by atoms with Crippen molar-refractivity contribution in [1.82, 2.24) is 9.55 Å². The van der Waals surface area contributed by atoms with Crippen LogP contribution in [0.4, 0.5) is 11.4 Å². The van der Waals surface area contributed by atoms with Gasteiger partial charge in [-0.2, -0.15) is 0 Å². The van der Waals surface area contributed by atoms with Crippen LogP contribution in [0.25, 0.3) is 0 Å². The topological polar surface area (TPSA) is 55.9 Å². The molecule has 4 nitrogen and oxygen atoms in total. The number of benzene rings is 1. The SMILES string of the molecule is Cn1ccnc1CCNc1ccccc1N. The maximum Gasteiger partial charge on any atom is 0.110 e. The molecule has 0 aliphatic carbocycles. The van der Waals surface area contributed by atoms with Gasteiger partial charge in [-0.3, -0.25) is 0 Å². The summed E-state index contributed by atoms with van der Waals surface area (Å²) in [6.45, 7) is 0.832. The highest BCUT2D eigenvalue weighted by molar-refractivity contribution is 5.65. The van der Waals surface area contributed by atoms with E-state index in [1.807, 2.05) is 48.3 Å². The normalized spacial score (nSPS) is 10.3. The second-order valence-electron chi connectivity index (χ2n) is 3.72. The quantitative estimate of drug-likeness (QED) is 0.764. The fraction of sp³-hybridized carbons (Fsp3) is 0.250. The number of nitrogens with one attached hydrogen (secondary N) is 1. The third-order valence-corrected chi connectivity index (χ3v) is 2.55. The van der Waals surface area contributed by atoms with E-state index in [9.17, 15) is 0 Å². The number of rotatable bonds is 4. The van der Waals surface area contributed by atoms with E-state index < -0.39 is 0 Å². The Morgan fingerprint density at radius 1 is 1.38 bits per heavy atom. The second kappa shape index (κ2) is 4.70. The fourth-order valence-electron chi connectivity index (χ4n) is 1.60. The van der Waals surface area contributed by atoms with E-state index in [-0.39, 0.29) is 0 Å². The van der Waals surface area contributed by atoms with Crippen molar-refractivity contribution in [3.8, 4) is 0 Å². The van der Waals surface area contributed by atoms with Crippen LogP contribution in [0.1, 0.15) is 5.82 Å². The van der Waals surface area contributed by atoms with E-state index in [1.54, 1.807) is 0 Å². The van der Waals surface area contributed by atoms with Crippen molar-refractivity contribution >= 4 is 11.4 Å². The summed E-state index contributed by atoms with van der Waals surface area (Å²) >= 11 is 0. The fourth-order valence-corrected chi connectivity index (χ4v) is 1.60. The minimum Gasteiger partial charge on any atom is -0.397 e. The van der Waals surface area contributed by atoms with Gasteiger partial charge in [-0.1, -0.05) is 12.1 Å². The average Bonchev–Trinajstić information content (AvgIpc) is 2.67. The summed E-state index contributed by atoms with van der Waals surface area (Å²) in [4.78, 5) is 4.26. The van der Waals surface area contributed by atoms with Crippen LogP contribution in [0.5, 0.6) is 0 Å². The molecule has 0 aliphatic heterocycles. The minimum atomic E-state index is 0.780. The van der Waals surface area contributed by atoms with Crippen molar-refractivity contribution in [2.45, 2.75) is 6.42 Å². The number of hydrogen-bond donors (Lipinski definition) is 2. The summed E-state index contributed by atoms with van der Waals surface area (Å²) in [7, 11) is 2.00. The van der Waals surface area contributed by atoms with Gasteiger partial charge in [-0.15, -0.1) is 0 Å². The zero-order valence-corrected chi connectivity index (χ0v) is 9.35. The number of imidazole rings is 1. The lowest BCUT2D eigenvalue weighted by Gasteiger charge is -2.08. The predicted octanol–water partition coefficient (Wildman–Crippen LogP) is 1.66. The van der Waals surface area contributed by atoms with E-state index >= 15 is 0 Å². The Bertz CT molecular complexity index is 462. The van der Waals surface area contributed by atoms with Gasteiger partial charge in [0.15, 0.2) is 0 Å². The molecule has 0 amide bonds. The molecule has 0 saturated carbocycles. The van der Waals surface area contributed by atoms with Gasteiger partial charge in [-0.05, 0) is 12.1 Å². The van der Waals surface area contributed by atoms with Crippen LogP contribution in [0.15, 0.2) is 36.7 Å². The summed E-state index contributed by atoms with van der Waals surface area (Å²) in [5.74, 6) is 1.07. The molecule has 0 bridgehead atoms. The molecule has 1 aromatic heterocycles. The van der Waals surface area contributed by atoms with Crippen LogP contribution in [-0.4, -0.2) is 16.1 Å². The Hall–Kier alpha value is -1.97. The molecule has 4 heteroatoms. The Labute approximate surface area is 95.1 Å². The Morgan fingerprint density at radius 3 is 2.88 bits per heavy atom. The van der Waals surface area contributed by atoms with E-state index in [4.69, 9.17) is 5.73 Å². The van der Waals surface area contributed by atoms with E-state index in [0.717, 1.165) is 30.2 Å². The van der Waals surface area contributed by atoms with Crippen molar-refractivity contribution in [3.05, 3.63) is 42.5 Å². The standard InChI is InChI=1S/C12H16N4/c1-16-9-8-15-12(16)6-7-14-11-5-3-2-4-10(11)13/h2-5,8-9,14H,6-7,13H2,1H3. The summed E-state index contributed by atoms with van der Waals surface area (Å²) in [6, 6.07) is 7.77. The van der Waals surface area contributed by atoms with Gasteiger partial charge in [0, 0.05) is 32.4 Å². The first-order valence-corrected chi connectivity index (χ1v) is 5.32. The lowest BCUT2D eigenvalue weighted by molar-refractivity contribution is 0.790. The zero-order valence-electron chi connectivity index (χ0n) is 9.35. The highest BCUT2D eigenvalue weighted by Gasteiger charge is 2.00. The molecule has 2 rings (SSSR count). The predicted molar refractivity (Wildman–Crippen MR) is 66.3 cm³/mol. The lowest BCUT2D eigenvalue weighted by Crippen LogP contribution is -2.09. The van der Waals surface area contributed by atoms with Gasteiger partial charge in [0.1, 0.15) is 5.82 Å². The number of nitrogens with two attached hydrogens (primary N) is 1. The van der Waals surface area contributed by atoms with Crippen LogP contribution in [-0.2, 0) is 13.5 Å². The molecular weight excluding hydrogens is 200 g/mol. The number of hydrogen-bond acceptors (Lipinski definition) is 3. The van der Waals surface area contributed by atoms with Crippen molar-refractivity contribution in [3.63, 3.8) is 0 Å². The van der Waals surface area contributed by atoms with Crippen molar-refractivity contribution in [2.75, 3.05) is 17.6 Å². The van der Waals surface area contributed by atoms with E-state index in [2.05, 4.69) is 10.3 Å². The van der Waals surface area contributed by atoms with Crippen LogP contribution >= 0.6 is 0 Å². The Balaban J connectivity index is 1.89. The molecule has 1 aromatic carbocycles. The number of nitrogen functional groups attached to an aromatic ring is 1. The minimum absolute atomic E-state index is 0.780. The molecule has 0 aliphatic rings. The molecule has 0 spiro atoms. The van der Waals surface area contributed by atoms with E-state index in [0.29, 0.717) is 0 Å². The highest BCUT2D eigenvalue weighted by atomic mass is 15.0. The third-order valence-electron chi connectivity index (χ3n) is 2.55.